The number of nitrogens with one attached hydrogen (secondary N) is 1. The summed E-state index contributed by atoms with van der Waals surface area (Å²) in [7, 11) is 0. The molecule has 3 heterocycles. The molecule has 2 aromatic carbocycles. The molecule has 0 saturated carbocycles. The Morgan fingerprint density at radius 1 is 1.15 bits per heavy atom. The van der Waals surface area contributed by atoms with Gasteiger partial charge in [0.2, 0.25) is 11.8 Å². The van der Waals surface area contributed by atoms with E-state index in [0.29, 0.717) is 16.6 Å². The molecule has 39 heavy (non-hydrogen) atoms. The van der Waals surface area contributed by atoms with Crippen LogP contribution in [-0.4, -0.2) is 33.9 Å². The molecule has 0 radical (unpaired) electrons. The second kappa shape index (κ2) is 10.9. The number of carbonyl (C=O) groups is 2. The zero-order valence-corrected chi connectivity index (χ0v) is 24.0. The highest BCUT2D eigenvalue weighted by Crippen LogP contribution is 2.48. The quantitative estimate of drug-likeness (QED) is 0.302. The minimum Gasteiger partial charge on any atom is -0.467 e. The van der Waals surface area contributed by atoms with Crippen molar-refractivity contribution in [2.45, 2.75) is 44.9 Å². The van der Waals surface area contributed by atoms with Crippen molar-refractivity contribution in [1.82, 2.24) is 15.1 Å². The predicted molar refractivity (Wildman–Crippen MR) is 156 cm³/mol. The molecule has 4 aromatic rings. The van der Waals surface area contributed by atoms with E-state index in [0.717, 1.165) is 28.1 Å². The first-order valence-corrected chi connectivity index (χ1v) is 14.2. The van der Waals surface area contributed by atoms with Crippen molar-refractivity contribution in [2.75, 3.05) is 17.2 Å². The van der Waals surface area contributed by atoms with Gasteiger partial charge in [-0.3, -0.25) is 14.5 Å². The van der Waals surface area contributed by atoms with E-state index in [2.05, 4.69) is 26.1 Å². The highest BCUT2D eigenvalue weighted by atomic mass is 35.5. The number of aromatic nitrogens is 2. The summed E-state index contributed by atoms with van der Waals surface area (Å²) in [5.41, 5.74) is 4.30. The summed E-state index contributed by atoms with van der Waals surface area (Å²) in [5, 5.41) is 8.45. The number of hydrogen-bond donors (Lipinski definition) is 1. The number of hydrogen-bond acceptors (Lipinski definition) is 5. The van der Waals surface area contributed by atoms with Crippen LogP contribution in [0.4, 0.5) is 5.82 Å². The number of fused-ring (bicyclic) bond motifs is 1. The molecule has 9 heteroatoms. The van der Waals surface area contributed by atoms with Crippen LogP contribution < -0.4 is 10.2 Å². The molecule has 7 nitrogen and oxygen atoms in total. The molecule has 0 spiro atoms. The van der Waals surface area contributed by atoms with Gasteiger partial charge in [-0.05, 0) is 48.4 Å². The Balaban J connectivity index is 1.69. The first kappa shape index (κ1) is 27.1. The molecule has 1 aliphatic rings. The predicted octanol–water partition coefficient (Wildman–Crippen LogP) is 6.21. The van der Waals surface area contributed by atoms with E-state index in [1.807, 2.05) is 60.1 Å². The number of amides is 2. The molecule has 0 aliphatic carbocycles. The summed E-state index contributed by atoms with van der Waals surface area (Å²) >= 11 is 7.95. The van der Waals surface area contributed by atoms with Gasteiger partial charge in [0.25, 0.3) is 0 Å². The maximum Gasteiger partial charge on any atom is 0.240 e. The zero-order valence-electron chi connectivity index (χ0n) is 22.4. The average Bonchev–Trinajstić information content (AvgIpc) is 3.52. The van der Waals surface area contributed by atoms with E-state index in [4.69, 9.17) is 21.1 Å². The lowest BCUT2D eigenvalue weighted by Crippen LogP contribution is -2.42. The Morgan fingerprint density at radius 2 is 1.95 bits per heavy atom. The number of para-hydroxylation sites is 1. The van der Waals surface area contributed by atoms with E-state index in [9.17, 15) is 9.59 Å². The molecular weight excluding hydrogens is 532 g/mol. The molecule has 1 aliphatic heterocycles. The molecular formula is C30H31ClN4O3S. The molecule has 1 atom stereocenters. The monoisotopic (exact) mass is 562 g/mol. The van der Waals surface area contributed by atoms with Gasteiger partial charge in [0.05, 0.1) is 35.2 Å². The highest BCUT2D eigenvalue weighted by molar-refractivity contribution is 8.00. The van der Waals surface area contributed by atoms with Crippen LogP contribution in [0.2, 0.25) is 5.02 Å². The van der Waals surface area contributed by atoms with Crippen molar-refractivity contribution in [1.29, 1.82) is 0 Å². The molecule has 0 fully saturated rings. The van der Waals surface area contributed by atoms with Crippen LogP contribution in [-0.2, 0) is 21.5 Å². The number of nitrogens with zero attached hydrogens (tertiary/aromatic N) is 3. The van der Waals surface area contributed by atoms with Crippen molar-refractivity contribution in [3.8, 4) is 5.69 Å². The number of anilines is 1. The fourth-order valence-electron chi connectivity index (χ4n) is 4.77. The van der Waals surface area contributed by atoms with E-state index in [-0.39, 0.29) is 41.3 Å². The topological polar surface area (TPSA) is 80.4 Å². The van der Waals surface area contributed by atoms with Gasteiger partial charge in [-0.15, -0.1) is 11.8 Å². The third-order valence-electron chi connectivity index (χ3n) is 6.64. The number of carbonyl (C=O) groups excluding carboxylic acids is 2. The molecule has 202 valence electrons. The lowest BCUT2D eigenvalue weighted by molar-refractivity contribution is -0.123. The van der Waals surface area contributed by atoms with Gasteiger partial charge in [0.15, 0.2) is 0 Å². The van der Waals surface area contributed by atoms with Gasteiger partial charge in [0, 0.05) is 16.0 Å². The van der Waals surface area contributed by atoms with Gasteiger partial charge in [-0.1, -0.05) is 62.7 Å². The lowest BCUT2D eigenvalue weighted by atomic mass is 9.87. The molecule has 1 N–H and O–H groups in total. The summed E-state index contributed by atoms with van der Waals surface area (Å²) in [4.78, 5) is 28.5. The summed E-state index contributed by atoms with van der Waals surface area (Å²) in [6.07, 6.45) is 1.56. The minimum absolute atomic E-state index is 0.142. The third-order valence-corrected chi connectivity index (χ3v) is 8.13. The van der Waals surface area contributed by atoms with Crippen LogP contribution in [0, 0.1) is 6.92 Å². The van der Waals surface area contributed by atoms with Gasteiger partial charge >= 0.3 is 0 Å². The summed E-state index contributed by atoms with van der Waals surface area (Å²) in [6.45, 7) is 8.46. The number of furan rings is 1. The van der Waals surface area contributed by atoms with E-state index in [1.165, 1.54) is 11.8 Å². The van der Waals surface area contributed by atoms with Crippen molar-refractivity contribution < 1.29 is 14.0 Å². The fraction of sp³-hybridized carbons (Fsp3) is 0.300. The van der Waals surface area contributed by atoms with Crippen molar-refractivity contribution >= 4 is 41.0 Å². The van der Waals surface area contributed by atoms with Crippen LogP contribution in [0.3, 0.4) is 0 Å². The SMILES string of the molecule is Cc1ccccc1-n1nc(C(C)(C)C)c2c1N(CC(=O)NCc1ccco1)C(=O)CS[C@H]2c1cccc(Cl)c1. The molecule has 2 aromatic heterocycles. The molecule has 2 amide bonds. The largest absolute Gasteiger partial charge is 0.467 e. The highest BCUT2D eigenvalue weighted by Gasteiger charge is 2.40. The van der Waals surface area contributed by atoms with Crippen molar-refractivity contribution in [3.05, 3.63) is 100 Å². The third kappa shape index (κ3) is 5.63. The Morgan fingerprint density at radius 3 is 2.64 bits per heavy atom. The van der Waals surface area contributed by atoms with Crippen LogP contribution in [0.1, 0.15) is 54.2 Å². The van der Waals surface area contributed by atoms with E-state index < -0.39 is 0 Å². The van der Waals surface area contributed by atoms with E-state index >= 15 is 0 Å². The van der Waals surface area contributed by atoms with Gasteiger partial charge in [-0.25, -0.2) is 4.68 Å². The molecule has 0 saturated heterocycles. The Labute approximate surface area is 237 Å². The number of benzene rings is 2. The van der Waals surface area contributed by atoms with E-state index in [1.54, 1.807) is 23.3 Å². The smallest absolute Gasteiger partial charge is 0.240 e. The van der Waals surface area contributed by atoms with Crippen LogP contribution >= 0.6 is 23.4 Å². The second-order valence-corrected chi connectivity index (χ2v) is 12.1. The van der Waals surface area contributed by atoms with Gasteiger partial charge in [0.1, 0.15) is 18.1 Å². The average molecular weight is 563 g/mol. The van der Waals surface area contributed by atoms with Crippen molar-refractivity contribution in [2.24, 2.45) is 0 Å². The standard InChI is InChI=1S/C30H31ClN4O3S/c1-19-9-5-6-13-23(19)35-29-26(28(33-35)30(2,3)4)27(20-10-7-11-21(31)15-20)39-18-25(37)34(29)17-24(36)32-16-22-12-8-14-38-22/h5-15,27H,16-18H2,1-4H3,(H,32,36)/t27-/m0/s1. The first-order chi connectivity index (χ1) is 18.6. The van der Waals surface area contributed by atoms with Crippen LogP contribution in [0.15, 0.2) is 71.3 Å². The molecule has 5 rings (SSSR count). The van der Waals surface area contributed by atoms with Crippen molar-refractivity contribution in [3.63, 3.8) is 0 Å². The van der Waals surface area contributed by atoms with Gasteiger partial charge < -0.3 is 9.73 Å². The molecule has 0 unspecified atom stereocenters. The lowest BCUT2D eigenvalue weighted by Gasteiger charge is -2.25. The summed E-state index contributed by atoms with van der Waals surface area (Å²) < 4.78 is 7.19. The van der Waals surface area contributed by atoms with Crippen LogP contribution in [0.5, 0.6) is 0 Å². The second-order valence-electron chi connectivity index (χ2n) is 10.6. The maximum atomic E-state index is 13.8. The Bertz CT molecular complexity index is 1510. The molecule has 0 bridgehead atoms. The summed E-state index contributed by atoms with van der Waals surface area (Å²) in [6, 6.07) is 19.2. The fourth-order valence-corrected chi connectivity index (χ4v) is 6.16. The summed E-state index contributed by atoms with van der Waals surface area (Å²) in [5.74, 6) is 1.01. The number of thioether (sulfide) groups is 1. The Kier molecular flexibility index (Phi) is 7.60. The normalized spacial score (nSPS) is 15.7. The number of halogens is 1. The number of aryl methyl sites for hydroxylation is 1. The maximum absolute atomic E-state index is 13.8. The first-order valence-electron chi connectivity index (χ1n) is 12.8. The van der Waals surface area contributed by atoms with Crippen LogP contribution in [0.25, 0.3) is 5.69 Å². The van der Waals surface area contributed by atoms with Gasteiger partial charge in [-0.2, -0.15) is 5.10 Å². The zero-order chi connectivity index (χ0) is 27.7. The number of rotatable bonds is 6. The minimum atomic E-state index is -0.337. The Hall–Kier alpha value is -3.49.